The van der Waals surface area contributed by atoms with Crippen molar-refractivity contribution in [3.8, 4) is 0 Å². The second kappa shape index (κ2) is 5.75. The van der Waals surface area contributed by atoms with E-state index >= 15 is 0 Å². The van der Waals surface area contributed by atoms with Gasteiger partial charge in [0.05, 0.1) is 13.2 Å². The minimum atomic E-state index is -0.0566. The topological polar surface area (TPSA) is 29.5 Å². The third-order valence-electron chi connectivity index (χ3n) is 2.02. The van der Waals surface area contributed by atoms with Gasteiger partial charge in [-0.25, -0.2) is 5.06 Å². The second-order valence-corrected chi connectivity index (χ2v) is 3.22. The summed E-state index contributed by atoms with van der Waals surface area (Å²) in [5, 5.41) is 1.40. The first kappa shape index (κ1) is 12.2. The van der Waals surface area contributed by atoms with Crippen LogP contribution in [0.1, 0.15) is 34.1 Å². The molecule has 0 aromatic carbocycles. The number of hydroxylamine groups is 2. The van der Waals surface area contributed by atoms with Crippen LogP contribution in [0.4, 0.5) is 0 Å². The van der Waals surface area contributed by atoms with Crippen molar-refractivity contribution in [2.24, 2.45) is 0 Å². The Balaban J connectivity index is 4.21. The molecule has 0 heterocycles. The third-order valence-corrected chi connectivity index (χ3v) is 2.02. The first-order valence-corrected chi connectivity index (χ1v) is 4.48. The van der Waals surface area contributed by atoms with Crippen molar-refractivity contribution < 1.29 is 9.63 Å². The van der Waals surface area contributed by atoms with Gasteiger partial charge < -0.3 is 0 Å². The van der Waals surface area contributed by atoms with Crippen molar-refractivity contribution in [3.63, 3.8) is 0 Å². The number of allylic oxidation sites excluding steroid dienone is 1. The van der Waals surface area contributed by atoms with Crippen LogP contribution in [0.2, 0.25) is 0 Å². The highest BCUT2D eigenvalue weighted by molar-refractivity contribution is 5.72. The van der Waals surface area contributed by atoms with Gasteiger partial charge in [0.1, 0.15) is 0 Å². The van der Waals surface area contributed by atoms with Crippen molar-refractivity contribution in [1.82, 2.24) is 5.06 Å². The van der Waals surface area contributed by atoms with Crippen LogP contribution >= 0.6 is 0 Å². The van der Waals surface area contributed by atoms with Gasteiger partial charge in [0.15, 0.2) is 0 Å². The molecule has 0 aliphatic carbocycles. The quantitative estimate of drug-likeness (QED) is 0.496. The van der Waals surface area contributed by atoms with E-state index in [0.717, 1.165) is 6.42 Å². The predicted molar refractivity (Wildman–Crippen MR) is 53.0 cm³/mol. The smallest absolute Gasteiger partial charge is 0.243 e. The zero-order chi connectivity index (χ0) is 10.4. The minimum absolute atomic E-state index is 0.0566. The second-order valence-electron chi connectivity index (χ2n) is 3.22. The van der Waals surface area contributed by atoms with Gasteiger partial charge in [-0.05, 0) is 27.2 Å². The molecule has 0 radical (unpaired) electrons. The molecular formula is C10H19NO2. The van der Waals surface area contributed by atoms with E-state index in [-0.39, 0.29) is 11.9 Å². The van der Waals surface area contributed by atoms with Gasteiger partial charge in [0.25, 0.3) is 0 Å². The van der Waals surface area contributed by atoms with Crippen LogP contribution in [0.15, 0.2) is 11.6 Å². The Labute approximate surface area is 80.3 Å². The van der Waals surface area contributed by atoms with E-state index in [0.29, 0.717) is 0 Å². The molecule has 1 amide bonds. The molecule has 0 saturated carbocycles. The maximum atomic E-state index is 11.1. The number of amides is 1. The molecule has 0 aliphatic heterocycles. The molecule has 0 aromatic heterocycles. The van der Waals surface area contributed by atoms with Crippen LogP contribution in [0.5, 0.6) is 0 Å². The molecule has 13 heavy (non-hydrogen) atoms. The maximum Gasteiger partial charge on any atom is 0.243 e. The fraction of sp³-hybridized carbons (Fsp3) is 0.700. The first-order chi connectivity index (χ1) is 6.02. The lowest BCUT2D eigenvalue weighted by atomic mass is 10.1. The summed E-state index contributed by atoms with van der Waals surface area (Å²) in [4.78, 5) is 16.0. The lowest BCUT2D eigenvalue weighted by Gasteiger charge is -2.25. The predicted octanol–water partition coefficient (Wildman–Crippen LogP) is 2.14. The molecule has 0 rings (SSSR count). The monoisotopic (exact) mass is 185 g/mol. The average Bonchev–Trinajstić information content (AvgIpc) is 2.04. The third kappa shape index (κ3) is 4.08. The van der Waals surface area contributed by atoms with Gasteiger partial charge in [-0.2, -0.15) is 0 Å². The van der Waals surface area contributed by atoms with E-state index < -0.39 is 0 Å². The maximum absolute atomic E-state index is 11.1. The van der Waals surface area contributed by atoms with Gasteiger partial charge in [-0.1, -0.05) is 11.6 Å². The van der Waals surface area contributed by atoms with E-state index in [1.807, 2.05) is 26.8 Å². The average molecular weight is 185 g/mol. The summed E-state index contributed by atoms with van der Waals surface area (Å²) in [6, 6.07) is 0.0960. The SMILES string of the molecule is C/C=C(\C)CC(C)N(OC)C(C)=O. The summed E-state index contributed by atoms with van der Waals surface area (Å²) in [6.45, 7) is 7.51. The van der Waals surface area contributed by atoms with Gasteiger partial charge in [-0.3, -0.25) is 9.63 Å². The highest BCUT2D eigenvalue weighted by atomic mass is 16.7. The Hall–Kier alpha value is -0.830. The molecule has 0 aliphatic rings. The van der Waals surface area contributed by atoms with Crippen molar-refractivity contribution in [2.75, 3.05) is 7.11 Å². The van der Waals surface area contributed by atoms with Crippen LogP contribution in [-0.4, -0.2) is 24.1 Å². The number of nitrogens with zero attached hydrogens (tertiary/aromatic N) is 1. The van der Waals surface area contributed by atoms with Gasteiger partial charge in [0, 0.05) is 6.92 Å². The van der Waals surface area contributed by atoms with Crippen molar-refractivity contribution in [2.45, 2.75) is 40.2 Å². The van der Waals surface area contributed by atoms with Crippen molar-refractivity contribution >= 4 is 5.91 Å². The Bertz CT molecular complexity index is 199. The largest absolute Gasteiger partial charge is 0.274 e. The Morgan fingerprint density at radius 2 is 2.08 bits per heavy atom. The fourth-order valence-corrected chi connectivity index (χ4v) is 1.29. The van der Waals surface area contributed by atoms with Crippen LogP contribution in [0, 0.1) is 0 Å². The number of carbonyl (C=O) groups is 1. The van der Waals surface area contributed by atoms with E-state index in [1.54, 1.807) is 0 Å². The normalized spacial score (nSPS) is 14.1. The van der Waals surface area contributed by atoms with Crippen LogP contribution < -0.4 is 0 Å². The fourth-order valence-electron chi connectivity index (χ4n) is 1.29. The van der Waals surface area contributed by atoms with Gasteiger partial charge >= 0.3 is 0 Å². The van der Waals surface area contributed by atoms with Gasteiger partial charge in [0.2, 0.25) is 5.91 Å². The summed E-state index contributed by atoms with van der Waals surface area (Å²) in [5.41, 5.74) is 1.26. The van der Waals surface area contributed by atoms with E-state index in [1.165, 1.54) is 24.7 Å². The minimum Gasteiger partial charge on any atom is -0.274 e. The summed E-state index contributed by atoms with van der Waals surface area (Å²) >= 11 is 0. The van der Waals surface area contributed by atoms with E-state index in [2.05, 4.69) is 0 Å². The number of hydrogen-bond donors (Lipinski definition) is 0. The van der Waals surface area contributed by atoms with E-state index in [4.69, 9.17) is 4.84 Å². The number of rotatable bonds is 4. The van der Waals surface area contributed by atoms with Crippen molar-refractivity contribution in [3.05, 3.63) is 11.6 Å². The van der Waals surface area contributed by atoms with Gasteiger partial charge in [-0.15, -0.1) is 0 Å². The molecule has 3 heteroatoms. The van der Waals surface area contributed by atoms with Crippen molar-refractivity contribution in [1.29, 1.82) is 0 Å². The summed E-state index contributed by atoms with van der Waals surface area (Å²) in [7, 11) is 1.52. The summed E-state index contributed by atoms with van der Waals surface area (Å²) in [5.74, 6) is -0.0566. The molecule has 1 unspecified atom stereocenters. The zero-order valence-corrected chi connectivity index (χ0v) is 9.13. The Morgan fingerprint density at radius 3 is 2.38 bits per heavy atom. The highest BCUT2D eigenvalue weighted by Crippen LogP contribution is 2.10. The van der Waals surface area contributed by atoms with Crippen LogP contribution in [0.25, 0.3) is 0 Å². The standard InChI is InChI=1S/C10H19NO2/c1-6-8(2)7-9(3)11(13-5)10(4)12/h6,9H,7H2,1-5H3/b8-6+. The Kier molecular flexibility index (Phi) is 5.39. The first-order valence-electron chi connectivity index (χ1n) is 4.48. The molecule has 0 bridgehead atoms. The summed E-state index contributed by atoms with van der Waals surface area (Å²) in [6.07, 6.45) is 2.90. The molecule has 0 saturated heterocycles. The zero-order valence-electron chi connectivity index (χ0n) is 9.13. The van der Waals surface area contributed by atoms with Crippen LogP contribution in [-0.2, 0) is 9.63 Å². The molecular weight excluding hydrogens is 166 g/mol. The molecule has 3 nitrogen and oxygen atoms in total. The molecule has 76 valence electrons. The highest BCUT2D eigenvalue weighted by Gasteiger charge is 2.16. The number of hydrogen-bond acceptors (Lipinski definition) is 2. The summed E-state index contributed by atoms with van der Waals surface area (Å²) < 4.78 is 0. The molecule has 0 spiro atoms. The lowest BCUT2D eigenvalue weighted by molar-refractivity contribution is -0.184. The Morgan fingerprint density at radius 1 is 1.54 bits per heavy atom. The van der Waals surface area contributed by atoms with E-state index in [9.17, 15) is 4.79 Å². The molecule has 1 atom stereocenters. The van der Waals surface area contributed by atoms with Crippen LogP contribution in [0.3, 0.4) is 0 Å². The lowest BCUT2D eigenvalue weighted by Crippen LogP contribution is -2.36. The number of carbonyl (C=O) groups excluding carboxylic acids is 1. The molecule has 0 fully saturated rings. The molecule has 0 N–H and O–H groups in total. The molecule has 0 aromatic rings.